The summed E-state index contributed by atoms with van der Waals surface area (Å²) in [5, 5.41) is 15.5. The molecule has 0 N–H and O–H groups in total. The number of halogens is 2. The van der Waals surface area contributed by atoms with Crippen molar-refractivity contribution >= 4 is 0 Å². The Kier molecular flexibility index (Phi) is 7.10. The Morgan fingerprint density at radius 3 is 2.36 bits per heavy atom. The monoisotopic (exact) mass is 494 g/mol. The van der Waals surface area contributed by atoms with Crippen LogP contribution in [0.1, 0.15) is 36.4 Å². The number of piperidine rings is 1. The summed E-state index contributed by atoms with van der Waals surface area (Å²) >= 11 is 0. The van der Waals surface area contributed by atoms with Gasteiger partial charge in [0, 0.05) is 24.3 Å². The van der Waals surface area contributed by atoms with Crippen LogP contribution >= 0.6 is 0 Å². The van der Waals surface area contributed by atoms with Crippen LogP contribution in [0.2, 0.25) is 0 Å². The normalized spacial score (nSPS) is 15.3. The van der Waals surface area contributed by atoms with Gasteiger partial charge in [0.1, 0.15) is 5.69 Å². The van der Waals surface area contributed by atoms with Crippen molar-refractivity contribution in [1.29, 1.82) is 0 Å². The van der Waals surface area contributed by atoms with E-state index in [1.54, 1.807) is 16.8 Å². The molecule has 0 unspecified atom stereocenters. The van der Waals surface area contributed by atoms with Crippen molar-refractivity contribution in [2.75, 3.05) is 27.2 Å². The summed E-state index contributed by atoms with van der Waals surface area (Å²) in [6.45, 7) is 3.63. The molecule has 0 atom stereocenters. The van der Waals surface area contributed by atoms with E-state index in [2.05, 4.69) is 73.7 Å². The lowest BCUT2D eigenvalue weighted by molar-refractivity contribution is 0.116. The molecular formula is C25H28F2N8O. The van der Waals surface area contributed by atoms with Gasteiger partial charge < -0.3 is 9.32 Å². The van der Waals surface area contributed by atoms with Crippen LogP contribution in [0.15, 0.2) is 53.2 Å². The lowest BCUT2D eigenvalue weighted by atomic mass is 10.0. The Hall–Kier alpha value is -3.57. The first-order valence-corrected chi connectivity index (χ1v) is 11.9. The highest BCUT2D eigenvalue weighted by molar-refractivity contribution is 5.58. The van der Waals surface area contributed by atoms with Gasteiger partial charge in [-0.3, -0.25) is 9.88 Å². The maximum atomic E-state index is 12.6. The zero-order valence-corrected chi connectivity index (χ0v) is 20.3. The van der Waals surface area contributed by atoms with Gasteiger partial charge in [0.25, 0.3) is 5.89 Å². The molecular weight excluding hydrogens is 466 g/mol. The summed E-state index contributed by atoms with van der Waals surface area (Å²) in [4.78, 5) is 9.20. The largest absolute Gasteiger partial charge is 0.415 e. The minimum atomic E-state index is -2.80. The first kappa shape index (κ1) is 24.1. The highest BCUT2D eigenvalue weighted by Crippen LogP contribution is 2.23. The fraction of sp³-hybridized carbons (Fsp3) is 0.400. The van der Waals surface area contributed by atoms with Crippen LogP contribution in [0.5, 0.6) is 0 Å². The second-order valence-corrected chi connectivity index (χ2v) is 9.25. The second kappa shape index (κ2) is 10.6. The van der Waals surface area contributed by atoms with Gasteiger partial charge in [0.15, 0.2) is 0 Å². The van der Waals surface area contributed by atoms with E-state index in [0.717, 1.165) is 36.6 Å². The Morgan fingerprint density at radius 1 is 0.972 bits per heavy atom. The van der Waals surface area contributed by atoms with Crippen LogP contribution in [-0.4, -0.2) is 73.2 Å². The number of benzene rings is 1. The molecule has 0 radical (unpaired) electrons. The van der Waals surface area contributed by atoms with E-state index in [1.807, 2.05) is 6.20 Å². The van der Waals surface area contributed by atoms with Gasteiger partial charge in [-0.05, 0) is 57.7 Å². The quantitative estimate of drug-likeness (QED) is 0.364. The van der Waals surface area contributed by atoms with Crippen molar-refractivity contribution in [1.82, 2.24) is 40.0 Å². The maximum Gasteiger partial charge on any atom is 0.314 e. The Balaban J connectivity index is 1.17. The van der Waals surface area contributed by atoms with Crippen molar-refractivity contribution in [2.24, 2.45) is 0 Å². The average Bonchev–Trinajstić information content (AvgIpc) is 3.56. The van der Waals surface area contributed by atoms with Gasteiger partial charge in [-0.15, -0.1) is 15.3 Å². The molecule has 0 aliphatic carbocycles. The number of rotatable bonds is 8. The fourth-order valence-corrected chi connectivity index (χ4v) is 4.39. The molecule has 36 heavy (non-hydrogen) atoms. The van der Waals surface area contributed by atoms with Gasteiger partial charge in [0.05, 0.1) is 24.0 Å². The number of hydrogen-bond donors (Lipinski definition) is 0. The zero-order valence-electron chi connectivity index (χ0n) is 20.3. The van der Waals surface area contributed by atoms with Crippen molar-refractivity contribution in [3.63, 3.8) is 0 Å². The first-order valence-electron chi connectivity index (χ1n) is 11.9. The predicted octanol–water partition coefficient (Wildman–Crippen LogP) is 3.90. The van der Waals surface area contributed by atoms with Crippen LogP contribution in [-0.2, 0) is 13.1 Å². The molecule has 0 bridgehead atoms. The summed E-state index contributed by atoms with van der Waals surface area (Å²) in [7, 11) is 4.32. The van der Waals surface area contributed by atoms with Crippen LogP contribution < -0.4 is 0 Å². The molecule has 188 valence electrons. The van der Waals surface area contributed by atoms with Gasteiger partial charge in [-0.25, -0.2) is 4.68 Å². The number of hydrogen-bond acceptors (Lipinski definition) is 8. The van der Waals surface area contributed by atoms with Crippen molar-refractivity contribution < 1.29 is 13.2 Å². The summed E-state index contributed by atoms with van der Waals surface area (Å²) in [5.74, 6) is -0.698. The number of aromatic nitrogens is 6. The highest BCUT2D eigenvalue weighted by Gasteiger charge is 2.20. The molecule has 11 heteroatoms. The number of alkyl halides is 2. The van der Waals surface area contributed by atoms with Crippen molar-refractivity contribution in [3.05, 3.63) is 65.9 Å². The molecule has 1 saturated heterocycles. The Bertz CT molecular complexity index is 1260. The molecule has 4 heterocycles. The molecule has 0 amide bonds. The second-order valence-electron chi connectivity index (χ2n) is 9.25. The van der Waals surface area contributed by atoms with Crippen molar-refractivity contribution in [3.8, 4) is 22.7 Å². The molecule has 0 spiro atoms. The predicted molar refractivity (Wildman–Crippen MR) is 129 cm³/mol. The average molecular weight is 495 g/mol. The molecule has 1 aliphatic heterocycles. The molecule has 4 aromatic rings. The molecule has 1 aromatic carbocycles. The van der Waals surface area contributed by atoms with Crippen molar-refractivity contribution in [2.45, 2.75) is 38.4 Å². The number of nitrogens with zero attached hydrogens (tertiary/aromatic N) is 8. The van der Waals surface area contributed by atoms with Gasteiger partial charge in [0.2, 0.25) is 5.89 Å². The number of pyridine rings is 1. The summed E-state index contributed by atoms with van der Waals surface area (Å²) in [6.07, 6.45) is 3.01. The maximum absolute atomic E-state index is 12.6. The summed E-state index contributed by atoms with van der Waals surface area (Å²) in [6, 6.07) is 12.6. The van der Waals surface area contributed by atoms with Crippen LogP contribution in [0.25, 0.3) is 22.7 Å². The van der Waals surface area contributed by atoms with E-state index in [4.69, 9.17) is 4.42 Å². The first-order chi connectivity index (χ1) is 17.4. The third-order valence-corrected chi connectivity index (χ3v) is 6.50. The van der Waals surface area contributed by atoms with E-state index in [0.29, 0.717) is 18.2 Å². The standard InChI is InChI=1S/C25H28F2N8O/c1-33(2)21-9-11-34(12-10-21)14-17-3-5-18(6-4-17)22-16-35(32-29-22)15-20-8-7-19(13-28-20)24-30-31-25(36-24)23(26)27/h3-8,13,16,21,23H,9-12,14-15H2,1-2H3. The minimum absolute atomic E-state index is 0.00823. The smallest absolute Gasteiger partial charge is 0.314 e. The molecule has 0 saturated carbocycles. The zero-order chi connectivity index (χ0) is 25.1. The molecule has 3 aromatic heterocycles. The molecule has 5 rings (SSSR count). The van der Waals surface area contributed by atoms with Gasteiger partial charge in [-0.2, -0.15) is 8.78 Å². The van der Waals surface area contributed by atoms with E-state index in [1.165, 1.54) is 24.6 Å². The molecule has 1 aliphatic rings. The van der Waals surface area contributed by atoms with Crippen LogP contribution in [0, 0.1) is 0 Å². The highest BCUT2D eigenvalue weighted by atomic mass is 19.3. The fourth-order valence-electron chi connectivity index (χ4n) is 4.39. The van der Waals surface area contributed by atoms with E-state index >= 15 is 0 Å². The topological polar surface area (TPSA) is 89.0 Å². The lowest BCUT2D eigenvalue weighted by Crippen LogP contribution is -2.41. The van der Waals surface area contributed by atoms with Gasteiger partial charge in [-0.1, -0.05) is 29.5 Å². The number of likely N-dealkylation sites (tertiary alicyclic amines) is 1. The molecule has 9 nitrogen and oxygen atoms in total. The summed E-state index contributed by atoms with van der Waals surface area (Å²) in [5.41, 5.74) is 4.29. The van der Waals surface area contributed by atoms with Crippen LogP contribution in [0.4, 0.5) is 8.78 Å². The SMILES string of the molecule is CN(C)C1CCN(Cc2ccc(-c3cn(Cc4ccc(-c5nnc(C(F)F)o5)cn4)nn3)cc2)CC1. The van der Waals surface area contributed by atoms with Gasteiger partial charge >= 0.3 is 6.43 Å². The lowest BCUT2D eigenvalue weighted by Gasteiger charge is -2.35. The molecule has 1 fully saturated rings. The summed E-state index contributed by atoms with van der Waals surface area (Å²) < 4.78 is 32.0. The third kappa shape index (κ3) is 5.63. The Labute approximate surface area is 207 Å². The van der Waals surface area contributed by atoms with E-state index in [9.17, 15) is 8.78 Å². The third-order valence-electron chi connectivity index (χ3n) is 6.50. The van der Waals surface area contributed by atoms with Crippen LogP contribution in [0.3, 0.4) is 0 Å². The van der Waals surface area contributed by atoms with E-state index in [-0.39, 0.29) is 5.89 Å². The van der Waals surface area contributed by atoms with E-state index < -0.39 is 12.3 Å². The minimum Gasteiger partial charge on any atom is -0.415 e. The Morgan fingerprint density at radius 2 is 1.72 bits per heavy atom.